The van der Waals surface area contributed by atoms with Crippen molar-refractivity contribution < 1.29 is 0 Å². The Morgan fingerprint density at radius 2 is 2.08 bits per heavy atom. The lowest BCUT2D eigenvalue weighted by Crippen LogP contribution is -2.22. The van der Waals surface area contributed by atoms with Crippen molar-refractivity contribution in [3.05, 3.63) is 22.7 Å². The molecule has 0 spiro atoms. The van der Waals surface area contributed by atoms with Crippen molar-refractivity contribution in [3.8, 4) is 0 Å². The highest BCUT2D eigenvalue weighted by molar-refractivity contribution is 6.37. The topological polar surface area (TPSA) is 39.8 Å². The molecular weight excluding hydrogens is 165 g/mol. The highest BCUT2D eigenvalue weighted by Crippen LogP contribution is 2.01. The molecule has 0 aliphatic heterocycles. The molecule has 2 aromatic heterocycles. The molecule has 4 nitrogen and oxygen atoms in total. The Labute approximate surface area is 76.2 Å². The van der Waals surface area contributed by atoms with Gasteiger partial charge in [0, 0.05) is 26.5 Å². The number of rotatable bonds is 0. The Morgan fingerprint density at radius 3 is 2.77 bits per heavy atom. The van der Waals surface area contributed by atoms with Crippen LogP contribution in [0.25, 0.3) is 10.9 Å². The first-order chi connectivity index (χ1) is 6.09. The molecule has 0 bridgehead atoms. The molecule has 2 rings (SSSR count). The molecule has 0 fully saturated rings. The van der Waals surface area contributed by atoms with Crippen LogP contribution in [0, 0.1) is 0 Å². The van der Waals surface area contributed by atoms with Gasteiger partial charge in [0.1, 0.15) is 7.85 Å². The van der Waals surface area contributed by atoms with Gasteiger partial charge in [-0.25, -0.2) is 0 Å². The van der Waals surface area contributed by atoms with E-state index in [-0.39, 0.29) is 5.56 Å². The average Bonchev–Trinajstić information content (AvgIpc) is 2.44. The molecule has 66 valence electrons. The third-order valence-corrected chi connectivity index (χ3v) is 2.14. The zero-order valence-electron chi connectivity index (χ0n) is 7.90. The second-order valence-corrected chi connectivity index (χ2v) is 3.29. The number of hydrogen-bond acceptors (Lipinski definition) is 2. The van der Waals surface area contributed by atoms with Gasteiger partial charge in [-0.15, -0.1) is 0 Å². The van der Waals surface area contributed by atoms with Crippen molar-refractivity contribution in [1.82, 2.24) is 14.3 Å². The summed E-state index contributed by atoms with van der Waals surface area (Å²) in [7, 11) is 5.52. The number of aryl methyl sites for hydroxylation is 2. The summed E-state index contributed by atoms with van der Waals surface area (Å²) in [4.78, 5) is 11.6. The molecule has 0 amide bonds. The van der Waals surface area contributed by atoms with Crippen LogP contribution in [-0.2, 0) is 14.1 Å². The SMILES string of the molecule is Bc1cn(C)c(=O)c2cn(C)nc12. The van der Waals surface area contributed by atoms with Gasteiger partial charge in [0.2, 0.25) is 0 Å². The second kappa shape index (κ2) is 2.48. The highest BCUT2D eigenvalue weighted by Gasteiger charge is 2.06. The molecule has 0 saturated carbocycles. The zero-order valence-corrected chi connectivity index (χ0v) is 7.90. The first-order valence-corrected chi connectivity index (χ1v) is 4.09. The van der Waals surface area contributed by atoms with Crippen LogP contribution < -0.4 is 11.0 Å². The number of aromatic nitrogens is 3. The lowest BCUT2D eigenvalue weighted by molar-refractivity contribution is 0.780. The molecule has 0 saturated heterocycles. The molecule has 13 heavy (non-hydrogen) atoms. The van der Waals surface area contributed by atoms with Crippen LogP contribution in [0.5, 0.6) is 0 Å². The van der Waals surface area contributed by atoms with E-state index in [2.05, 4.69) is 5.10 Å². The summed E-state index contributed by atoms with van der Waals surface area (Å²) >= 11 is 0. The summed E-state index contributed by atoms with van der Waals surface area (Å²) in [6.45, 7) is 0. The molecule has 0 N–H and O–H groups in total. The second-order valence-electron chi connectivity index (χ2n) is 3.29. The molecule has 5 heteroatoms. The maximum Gasteiger partial charge on any atom is 0.261 e. The van der Waals surface area contributed by atoms with Crippen molar-refractivity contribution >= 4 is 24.2 Å². The molecule has 0 aliphatic rings. The van der Waals surface area contributed by atoms with Crippen LogP contribution >= 0.6 is 0 Å². The minimum Gasteiger partial charge on any atom is -0.318 e. The highest BCUT2D eigenvalue weighted by atomic mass is 16.1. The summed E-state index contributed by atoms with van der Waals surface area (Å²) in [5.41, 5.74) is 1.83. The average molecular weight is 175 g/mol. The van der Waals surface area contributed by atoms with Gasteiger partial charge in [0.15, 0.2) is 0 Å². The largest absolute Gasteiger partial charge is 0.318 e. The molecule has 0 radical (unpaired) electrons. The quantitative estimate of drug-likeness (QED) is 0.458. The van der Waals surface area contributed by atoms with Crippen molar-refractivity contribution in [2.24, 2.45) is 14.1 Å². The van der Waals surface area contributed by atoms with E-state index >= 15 is 0 Å². The monoisotopic (exact) mass is 175 g/mol. The predicted octanol–water partition coefficient (Wildman–Crippen LogP) is -1.47. The van der Waals surface area contributed by atoms with Crippen LogP contribution in [0.3, 0.4) is 0 Å². The predicted molar refractivity (Wildman–Crippen MR) is 54.1 cm³/mol. The number of fused-ring (bicyclic) bond motifs is 1. The lowest BCUT2D eigenvalue weighted by Gasteiger charge is -1.98. The molecular formula is C8H10BN3O. The van der Waals surface area contributed by atoms with Gasteiger partial charge in [-0.3, -0.25) is 9.48 Å². The third kappa shape index (κ3) is 1.08. The molecule has 0 aliphatic carbocycles. The van der Waals surface area contributed by atoms with Gasteiger partial charge in [0.25, 0.3) is 5.56 Å². The summed E-state index contributed by atoms with van der Waals surface area (Å²) in [6.07, 6.45) is 3.56. The van der Waals surface area contributed by atoms with Gasteiger partial charge >= 0.3 is 0 Å². The van der Waals surface area contributed by atoms with E-state index < -0.39 is 0 Å². The normalized spacial score (nSPS) is 10.9. The Kier molecular flexibility index (Phi) is 1.55. The minimum absolute atomic E-state index is 0.00806. The Morgan fingerprint density at radius 1 is 1.38 bits per heavy atom. The fourth-order valence-corrected chi connectivity index (χ4v) is 1.54. The maximum atomic E-state index is 11.6. The maximum absolute atomic E-state index is 11.6. The molecule has 0 atom stereocenters. The van der Waals surface area contributed by atoms with Crippen LogP contribution in [-0.4, -0.2) is 22.2 Å². The first-order valence-electron chi connectivity index (χ1n) is 4.09. The fraction of sp³-hybridized carbons (Fsp3) is 0.250. The van der Waals surface area contributed by atoms with E-state index in [9.17, 15) is 4.79 Å². The van der Waals surface area contributed by atoms with Gasteiger partial charge in [-0.05, 0) is 5.46 Å². The number of nitrogens with zero attached hydrogens (tertiary/aromatic N) is 3. The third-order valence-electron chi connectivity index (χ3n) is 2.14. The van der Waals surface area contributed by atoms with Crippen molar-refractivity contribution in [3.63, 3.8) is 0 Å². The van der Waals surface area contributed by atoms with Crippen LogP contribution in [0.15, 0.2) is 17.2 Å². The van der Waals surface area contributed by atoms with E-state index in [4.69, 9.17) is 0 Å². The first kappa shape index (κ1) is 8.10. The van der Waals surface area contributed by atoms with E-state index in [0.29, 0.717) is 5.39 Å². The lowest BCUT2D eigenvalue weighted by atomic mass is 9.96. The Balaban J connectivity index is 3.04. The van der Waals surface area contributed by atoms with E-state index in [1.807, 2.05) is 14.9 Å². The van der Waals surface area contributed by atoms with E-state index in [0.717, 1.165) is 11.0 Å². The van der Waals surface area contributed by atoms with Crippen molar-refractivity contribution in [2.75, 3.05) is 0 Å². The van der Waals surface area contributed by atoms with Gasteiger partial charge in [-0.2, -0.15) is 5.10 Å². The summed E-state index contributed by atoms with van der Waals surface area (Å²) in [5.74, 6) is 0. The van der Waals surface area contributed by atoms with E-state index in [1.54, 1.807) is 28.7 Å². The zero-order chi connectivity index (χ0) is 9.59. The molecule has 0 aromatic carbocycles. The molecule has 2 aromatic rings. The Hall–Kier alpha value is -1.52. The van der Waals surface area contributed by atoms with Crippen LogP contribution in [0.4, 0.5) is 0 Å². The fourth-order valence-electron chi connectivity index (χ4n) is 1.54. The Bertz CT molecular complexity index is 526. The summed E-state index contributed by atoms with van der Waals surface area (Å²) in [6, 6.07) is 0. The number of pyridine rings is 1. The van der Waals surface area contributed by atoms with Crippen molar-refractivity contribution in [2.45, 2.75) is 0 Å². The van der Waals surface area contributed by atoms with Gasteiger partial charge < -0.3 is 4.57 Å². The minimum atomic E-state index is 0.00806. The van der Waals surface area contributed by atoms with Gasteiger partial charge in [-0.1, -0.05) is 0 Å². The van der Waals surface area contributed by atoms with Crippen LogP contribution in [0.2, 0.25) is 0 Å². The molecule has 0 unspecified atom stereocenters. The smallest absolute Gasteiger partial charge is 0.261 e. The van der Waals surface area contributed by atoms with Crippen molar-refractivity contribution in [1.29, 1.82) is 0 Å². The van der Waals surface area contributed by atoms with Crippen LogP contribution in [0.1, 0.15) is 0 Å². The summed E-state index contributed by atoms with van der Waals surface area (Å²) < 4.78 is 3.25. The van der Waals surface area contributed by atoms with Gasteiger partial charge in [0.05, 0.1) is 10.9 Å². The molecule has 2 heterocycles. The van der Waals surface area contributed by atoms with E-state index in [1.165, 1.54) is 0 Å². The number of hydrogen-bond donors (Lipinski definition) is 0. The summed E-state index contributed by atoms with van der Waals surface area (Å²) in [5, 5.41) is 4.90. The standard InChI is InChI=1S/C8H10BN3O/c1-11-4-6(9)7-5(8(11)13)3-12(2)10-7/h3-4H,9H2,1-2H3.